The van der Waals surface area contributed by atoms with E-state index < -0.39 is 57.7 Å². The van der Waals surface area contributed by atoms with E-state index in [-0.39, 0.29) is 36.4 Å². The molecule has 0 spiro atoms. The van der Waals surface area contributed by atoms with Crippen molar-refractivity contribution in [2.24, 2.45) is 0 Å². The van der Waals surface area contributed by atoms with Crippen molar-refractivity contribution in [1.82, 2.24) is 14.3 Å². The molecule has 2 aromatic carbocycles. The van der Waals surface area contributed by atoms with Gasteiger partial charge in [-0.15, -0.1) is 0 Å². The molecule has 1 aliphatic heterocycles. The van der Waals surface area contributed by atoms with Gasteiger partial charge in [-0.05, 0) is 31.0 Å². The van der Waals surface area contributed by atoms with Gasteiger partial charge in [-0.25, -0.2) is 31.0 Å². The molecule has 0 amide bonds. The van der Waals surface area contributed by atoms with Gasteiger partial charge in [0, 0.05) is 25.2 Å². The van der Waals surface area contributed by atoms with E-state index in [0.717, 1.165) is 22.5 Å². The number of hydrogen-bond donors (Lipinski definition) is 1. The van der Waals surface area contributed by atoms with Crippen molar-refractivity contribution in [1.29, 1.82) is 0 Å². The predicted octanol–water partition coefficient (Wildman–Crippen LogP) is 2.96. The van der Waals surface area contributed by atoms with Crippen LogP contribution >= 0.6 is 0 Å². The SMILES string of the molecule is Cc1ccc(F)c(S(=O)(=O)N(CCO)C2CCN(c3cnc4cc(F)c(F)cc4n3)C[C@@H]2F)c1. The Bertz CT molecular complexity index is 1320. The molecule has 0 aliphatic carbocycles. The fraction of sp³-hybridized carbons (Fsp3) is 0.364. The molecule has 2 heterocycles. The number of sulfonamides is 1. The van der Waals surface area contributed by atoms with Crippen molar-refractivity contribution in [3.05, 3.63) is 59.5 Å². The fourth-order valence-electron chi connectivity index (χ4n) is 4.07. The van der Waals surface area contributed by atoms with Crippen LogP contribution in [0.25, 0.3) is 11.0 Å². The third kappa shape index (κ3) is 4.57. The summed E-state index contributed by atoms with van der Waals surface area (Å²) in [6.45, 7) is 0.542. The number of piperidine rings is 1. The van der Waals surface area contributed by atoms with Gasteiger partial charge >= 0.3 is 0 Å². The van der Waals surface area contributed by atoms with Gasteiger partial charge in [0.15, 0.2) is 11.6 Å². The predicted molar refractivity (Wildman–Crippen MR) is 117 cm³/mol. The first-order valence-electron chi connectivity index (χ1n) is 10.5. The molecule has 1 unspecified atom stereocenters. The van der Waals surface area contributed by atoms with E-state index >= 15 is 4.39 Å². The average molecular weight is 499 g/mol. The van der Waals surface area contributed by atoms with Crippen LogP contribution in [-0.4, -0.2) is 66.3 Å². The van der Waals surface area contributed by atoms with E-state index in [9.17, 15) is 26.7 Å². The standard InChI is InChI=1S/C22H22F4N4O3S/c1-13-2-3-14(23)21(8-13)34(32,33)30(6-7-31)20-4-5-29(12-17(20)26)22-11-27-18-9-15(24)16(25)10-19(18)28-22/h2-3,8-11,17,20,31H,4-7,12H2,1H3/t17-,20?/m0/s1. The molecule has 4 rings (SSSR count). The van der Waals surface area contributed by atoms with Crippen molar-refractivity contribution in [3.8, 4) is 0 Å². The summed E-state index contributed by atoms with van der Waals surface area (Å²) in [5.41, 5.74) is 0.741. The summed E-state index contributed by atoms with van der Waals surface area (Å²) >= 11 is 0. The number of aliphatic hydroxyl groups is 1. The van der Waals surface area contributed by atoms with Crippen LogP contribution in [-0.2, 0) is 10.0 Å². The summed E-state index contributed by atoms with van der Waals surface area (Å²) in [5, 5.41) is 9.45. The Labute approximate surface area is 193 Å². The number of fused-ring (bicyclic) bond motifs is 1. The lowest BCUT2D eigenvalue weighted by Gasteiger charge is -2.40. The Balaban J connectivity index is 1.59. The third-order valence-corrected chi connectivity index (χ3v) is 7.71. The summed E-state index contributed by atoms with van der Waals surface area (Å²) in [4.78, 5) is 9.22. The van der Waals surface area contributed by atoms with Gasteiger partial charge in [0.05, 0.1) is 36.4 Å². The number of benzene rings is 2. The van der Waals surface area contributed by atoms with Crippen molar-refractivity contribution in [2.45, 2.75) is 30.5 Å². The Kier molecular flexibility index (Phi) is 6.74. The maximum absolute atomic E-state index is 15.3. The second kappa shape index (κ2) is 9.43. The maximum Gasteiger partial charge on any atom is 0.246 e. The molecule has 1 N–H and O–H groups in total. The minimum absolute atomic E-state index is 0.0192. The number of aromatic nitrogens is 2. The number of anilines is 1. The van der Waals surface area contributed by atoms with E-state index in [1.165, 1.54) is 23.2 Å². The first kappa shape index (κ1) is 24.3. The number of nitrogens with zero attached hydrogens (tertiary/aromatic N) is 4. The highest BCUT2D eigenvalue weighted by atomic mass is 32.2. The van der Waals surface area contributed by atoms with E-state index in [0.29, 0.717) is 5.56 Å². The van der Waals surface area contributed by atoms with Crippen LogP contribution in [0.5, 0.6) is 0 Å². The van der Waals surface area contributed by atoms with Crippen LogP contribution in [0.1, 0.15) is 12.0 Å². The monoisotopic (exact) mass is 498 g/mol. The van der Waals surface area contributed by atoms with Crippen LogP contribution in [0.15, 0.2) is 41.4 Å². The highest BCUT2D eigenvalue weighted by Crippen LogP contribution is 2.30. The van der Waals surface area contributed by atoms with Crippen LogP contribution < -0.4 is 4.90 Å². The molecular weight excluding hydrogens is 476 g/mol. The molecule has 1 fully saturated rings. The smallest absolute Gasteiger partial charge is 0.246 e. The molecule has 1 aliphatic rings. The van der Waals surface area contributed by atoms with E-state index in [1.807, 2.05) is 0 Å². The Morgan fingerprint density at radius 2 is 1.82 bits per heavy atom. The zero-order valence-corrected chi connectivity index (χ0v) is 18.9. The molecule has 7 nitrogen and oxygen atoms in total. The first-order chi connectivity index (χ1) is 16.1. The summed E-state index contributed by atoms with van der Waals surface area (Å²) < 4.78 is 83.9. The lowest BCUT2D eigenvalue weighted by Crippen LogP contribution is -2.55. The molecule has 2 atom stereocenters. The summed E-state index contributed by atoms with van der Waals surface area (Å²) in [6, 6.07) is 4.28. The molecule has 3 aromatic rings. The zero-order valence-electron chi connectivity index (χ0n) is 18.1. The van der Waals surface area contributed by atoms with Gasteiger partial charge in [-0.3, -0.25) is 4.98 Å². The molecule has 1 aromatic heterocycles. The second-order valence-electron chi connectivity index (χ2n) is 8.07. The number of aryl methyl sites for hydroxylation is 1. The number of halogens is 4. The van der Waals surface area contributed by atoms with E-state index in [4.69, 9.17) is 0 Å². The molecule has 182 valence electrons. The van der Waals surface area contributed by atoms with Crippen molar-refractivity contribution in [3.63, 3.8) is 0 Å². The zero-order chi connectivity index (χ0) is 24.6. The normalized spacial score (nSPS) is 19.2. The van der Waals surface area contributed by atoms with Crippen LogP contribution in [0.4, 0.5) is 23.4 Å². The minimum Gasteiger partial charge on any atom is -0.395 e. The molecule has 12 heteroatoms. The quantitative estimate of drug-likeness (QED) is 0.526. The highest BCUT2D eigenvalue weighted by Gasteiger charge is 2.41. The molecular formula is C22H22F4N4O3S. The molecule has 1 saturated heterocycles. The summed E-state index contributed by atoms with van der Waals surface area (Å²) in [7, 11) is -4.43. The lowest BCUT2D eigenvalue weighted by atomic mass is 10.0. The molecule has 0 bridgehead atoms. The summed E-state index contributed by atoms with van der Waals surface area (Å²) in [6.07, 6.45) is -0.382. The van der Waals surface area contributed by atoms with Gasteiger partial charge in [0.2, 0.25) is 10.0 Å². The van der Waals surface area contributed by atoms with Crippen LogP contribution in [0.3, 0.4) is 0 Å². The Morgan fingerprint density at radius 3 is 2.50 bits per heavy atom. The fourth-order valence-corrected chi connectivity index (χ4v) is 5.89. The maximum atomic E-state index is 15.3. The number of aliphatic hydroxyl groups excluding tert-OH is 1. The largest absolute Gasteiger partial charge is 0.395 e. The Morgan fingerprint density at radius 1 is 1.12 bits per heavy atom. The third-order valence-electron chi connectivity index (χ3n) is 5.77. The minimum atomic E-state index is -4.43. The highest BCUT2D eigenvalue weighted by molar-refractivity contribution is 7.89. The van der Waals surface area contributed by atoms with Gasteiger partial charge in [-0.1, -0.05) is 6.07 Å². The number of alkyl halides is 1. The van der Waals surface area contributed by atoms with Crippen molar-refractivity contribution in [2.75, 3.05) is 31.1 Å². The van der Waals surface area contributed by atoms with Gasteiger partial charge < -0.3 is 10.0 Å². The second-order valence-corrected chi connectivity index (χ2v) is 9.93. The summed E-state index contributed by atoms with van der Waals surface area (Å²) in [5.74, 6) is -2.89. The van der Waals surface area contributed by atoms with Crippen molar-refractivity contribution < 1.29 is 31.1 Å². The molecule has 0 saturated carbocycles. The van der Waals surface area contributed by atoms with E-state index in [2.05, 4.69) is 9.97 Å². The lowest BCUT2D eigenvalue weighted by molar-refractivity contribution is 0.136. The van der Waals surface area contributed by atoms with Gasteiger partial charge in [0.1, 0.15) is 22.7 Å². The first-order valence-corrected chi connectivity index (χ1v) is 12.0. The van der Waals surface area contributed by atoms with Crippen molar-refractivity contribution >= 4 is 26.9 Å². The van der Waals surface area contributed by atoms with Gasteiger partial charge in [0.25, 0.3) is 0 Å². The molecule has 0 radical (unpaired) electrons. The van der Waals surface area contributed by atoms with Crippen LogP contribution in [0, 0.1) is 24.4 Å². The Hall–Kier alpha value is -2.83. The number of rotatable bonds is 6. The topological polar surface area (TPSA) is 86.6 Å². The van der Waals surface area contributed by atoms with Gasteiger partial charge in [-0.2, -0.15) is 4.31 Å². The van der Waals surface area contributed by atoms with E-state index in [1.54, 1.807) is 6.92 Å². The average Bonchev–Trinajstić information content (AvgIpc) is 2.79. The number of hydrogen-bond acceptors (Lipinski definition) is 6. The van der Waals surface area contributed by atoms with Crippen LogP contribution in [0.2, 0.25) is 0 Å². The molecule has 34 heavy (non-hydrogen) atoms.